The molecule has 0 radical (unpaired) electrons. The normalized spacial score (nSPS) is 47.1. The quantitative estimate of drug-likeness (QED) is 0.532. The van der Waals surface area contributed by atoms with Crippen molar-refractivity contribution in [1.29, 1.82) is 0 Å². The highest BCUT2D eigenvalue weighted by molar-refractivity contribution is 5.14. The summed E-state index contributed by atoms with van der Waals surface area (Å²) in [5.74, 6) is 0.213. The first-order valence-electron chi connectivity index (χ1n) is 3.92. The van der Waals surface area contributed by atoms with E-state index in [0.29, 0.717) is 0 Å². The van der Waals surface area contributed by atoms with E-state index < -0.39 is 0 Å². The lowest BCUT2D eigenvalue weighted by Gasteiger charge is -2.20. The minimum Gasteiger partial charge on any atom is -0.396 e. The number of ether oxygens (including phenoxy) is 1. The Morgan fingerprint density at radius 2 is 1.45 bits per heavy atom. The van der Waals surface area contributed by atoms with Gasteiger partial charge in [-0.3, -0.25) is 0 Å². The lowest BCUT2D eigenvalue weighted by atomic mass is 9.84. The highest BCUT2D eigenvalue weighted by atomic mass is 16.5. The first-order valence-corrected chi connectivity index (χ1v) is 3.92. The van der Waals surface area contributed by atoms with Crippen LogP contribution in [0, 0.1) is 11.8 Å². The van der Waals surface area contributed by atoms with Crippen LogP contribution in [0.5, 0.6) is 0 Å². The molecule has 0 saturated carbocycles. The van der Waals surface area contributed by atoms with E-state index in [4.69, 9.17) is 14.9 Å². The molecule has 11 heavy (non-hydrogen) atoms. The van der Waals surface area contributed by atoms with Crippen LogP contribution in [0.2, 0.25) is 0 Å². The molecule has 0 spiro atoms. The van der Waals surface area contributed by atoms with E-state index >= 15 is 0 Å². The minimum atomic E-state index is 0.0437. The second kappa shape index (κ2) is 2.59. The van der Waals surface area contributed by atoms with Crippen LogP contribution in [0.25, 0.3) is 0 Å². The molecule has 3 heteroatoms. The fraction of sp³-hybridized carbons (Fsp3) is 0.750. The fourth-order valence-corrected chi connectivity index (χ4v) is 1.94. The van der Waals surface area contributed by atoms with Crippen LogP contribution in [0.15, 0.2) is 12.2 Å². The summed E-state index contributed by atoms with van der Waals surface area (Å²) in [6.07, 6.45) is 4.03. The number of hydrogen-bond donors (Lipinski definition) is 2. The van der Waals surface area contributed by atoms with E-state index in [-0.39, 0.29) is 37.3 Å². The van der Waals surface area contributed by atoms with Crippen molar-refractivity contribution in [3.63, 3.8) is 0 Å². The third-order valence-electron chi connectivity index (χ3n) is 2.62. The van der Waals surface area contributed by atoms with Gasteiger partial charge in [0, 0.05) is 25.0 Å². The molecule has 1 unspecified atom stereocenters. The lowest BCUT2D eigenvalue weighted by Crippen LogP contribution is -2.29. The molecule has 2 aliphatic heterocycles. The number of hydrogen-bond acceptors (Lipinski definition) is 3. The smallest absolute Gasteiger partial charge is 0.0819 e. The Morgan fingerprint density at radius 1 is 1.00 bits per heavy atom. The summed E-state index contributed by atoms with van der Waals surface area (Å²) in [6, 6.07) is 0. The van der Waals surface area contributed by atoms with Crippen molar-refractivity contribution in [2.75, 3.05) is 13.2 Å². The van der Waals surface area contributed by atoms with E-state index in [0.717, 1.165) is 0 Å². The van der Waals surface area contributed by atoms with Gasteiger partial charge in [-0.25, -0.2) is 0 Å². The Morgan fingerprint density at radius 3 is 1.82 bits per heavy atom. The summed E-state index contributed by atoms with van der Waals surface area (Å²) in [5.41, 5.74) is 0. The van der Waals surface area contributed by atoms with Crippen LogP contribution in [-0.2, 0) is 4.74 Å². The van der Waals surface area contributed by atoms with Crippen LogP contribution >= 0.6 is 0 Å². The second-order valence-electron chi connectivity index (χ2n) is 3.14. The van der Waals surface area contributed by atoms with Crippen molar-refractivity contribution in [3.05, 3.63) is 12.2 Å². The monoisotopic (exact) mass is 156 g/mol. The Balaban J connectivity index is 2.15. The van der Waals surface area contributed by atoms with Gasteiger partial charge in [-0.2, -0.15) is 0 Å². The highest BCUT2D eigenvalue weighted by Crippen LogP contribution is 2.38. The van der Waals surface area contributed by atoms with Gasteiger partial charge >= 0.3 is 0 Å². The predicted octanol–water partition coefficient (Wildman–Crippen LogP) is -0.459. The third-order valence-corrected chi connectivity index (χ3v) is 2.62. The number of aliphatic hydroxyl groups is 2. The predicted molar refractivity (Wildman–Crippen MR) is 39.0 cm³/mol. The maximum atomic E-state index is 8.96. The Kier molecular flexibility index (Phi) is 1.71. The van der Waals surface area contributed by atoms with Crippen molar-refractivity contribution >= 4 is 0 Å². The van der Waals surface area contributed by atoms with E-state index in [1.54, 1.807) is 0 Å². The molecule has 2 heterocycles. The maximum Gasteiger partial charge on any atom is 0.0819 e. The van der Waals surface area contributed by atoms with Crippen molar-refractivity contribution in [2.24, 2.45) is 11.8 Å². The Labute approximate surface area is 65.3 Å². The van der Waals surface area contributed by atoms with Gasteiger partial charge in [0.05, 0.1) is 12.2 Å². The number of fused-ring (bicyclic) bond motifs is 2. The standard InChI is InChI=1S/C8H12O3/c9-3-5-6(4-10)8-2-1-7(5)11-8/h1-2,5-10H,3-4H2/t5-,6?,7+,8-/m1/s1. The van der Waals surface area contributed by atoms with Gasteiger partial charge in [0.15, 0.2) is 0 Å². The van der Waals surface area contributed by atoms with Crippen LogP contribution in [-0.4, -0.2) is 35.6 Å². The largest absolute Gasteiger partial charge is 0.396 e. The molecule has 0 aromatic rings. The number of rotatable bonds is 2. The second-order valence-corrected chi connectivity index (χ2v) is 3.14. The van der Waals surface area contributed by atoms with Crippen molar-refractivity contribution < 1.29 is 14.9 Å². The first-order chi connectivity index (χ1) is 5.36. The van der Waals surface area contributed by atoms with Gasteiger partial charge in [-0.05, 0) is 0 Å². The molecule has 2 rings (SSSR count). The zero-order valence-corrected chi connectivity index (χ0v) is 6.18. The topological polar surface area (TPSA) is 49.7 Å². The maximum absolute atomic E-state index is 8.96. The van der Waals surface area contributed by atoms with Gasteiger partial charge in [0.25, 0.3) is 0 Å². The molecule has 4 atom stereocenters. The molecule has 0 aromatic heterocycles. The lowest BCUT2D eigenvalue weighted by molar-refractivity contribution is 0.0910. The number of aliphatic hydroxyl groups excluding tert-OH is 2. The van der Waals surface area contributed by atoms with Gasteiger partial charge in [0.1, 0.15) is 0 Å². The summed E-state index contributed by atoms with van der Waals surface area (Å²) in [7, 11) is 0. The average molecular weight is 156 g/mol. The molecular weight excluding hydrogens is 144 g/mol. The highest BCUT2D eigenvalue weighted by Gasteiger charge is 2.44. The van der Waals surface area contributed by atoms with Gasteiger partial charge in [-0.1, -0.05) is 12.2 Å². The molecule has 0 aliphatic carbocycles. The SMILES string of the molecule is OCC1[C@@H](CO)[C@@H]2C=C[C@H]1O2. The molecule has 3 nitrogen and oxygen atoms in total. The van der Waals surface area contributed by atoms with E-state index in [2.05, 4.69) is 0 Å². The van der Waals surface area contributed by atoms with Crippen LogP contribution in [0.3, 0.4) is 0 Å². The molecule has 1 saturated heterocycles. The van der Waals surface area contributed by atoms with Crippen molar-refractivity contribution in [1.82, 2.24) is 0 Å². The first kappa shape index (κ1) is 7.28. The van der Waals surface area contributed by atoms with Crippen molar-refractivity contribution in [3.8, 4) is 0 Å². The zero-order chi connectivity index (χ0) is 7.84. The Bertz CT molecular complexity index is 160. The van der Waals surface area contributed by atoms with E-state index in [1.807, 2.05) is 12.2 Å². The molecule has 0 amide bonds. The summed E-state index contributed by atoms with van der Waals surface area (Å²) < 4.78 is 5.45. The average Bonchev–Trinajstić information content (AvgIpc) is 2.60. The zero-order valence-electron chi connectivity index (χ0n) is 6.18. The fourth-order valence-electron chi connectivity index (χ4n) is 1.94. The van der Waals surface area contributed by atoms with Crippen LogP contribution < -0.4 is 0 Å². The van der Waals surface area contributed by atoms with Gasteiger partial charge < -0.3 is 14.9 Å². The van der Waals surface area contributed by atoms with Gasteiger partial charge in [0.2, 0.25) is 0 Å². The van der Waals surface area contributed by atoms with Crippen molar-refractivity contribution in [2.45, 2.75) is 12.2 Å². The third kappa shape index (κ3) is 0.922. The summed E-state index contributed by atoms with van der Waals surface area (Å²) in [4.78, 5) is 0. The summed E-state index contributed by atoms with van der Waals surface area (Å²) in [6.45, 7) is 0.216. The molecule has 0 aromatic carbocycles. The summed E-state index contributed by atoms with van der Waals surface area (Å²) in [5, 5.41) is 17.9. The molecular formula is C8H12O3. The van der Waals surface area contributed by atoms with E-state index in [1.165, 1.54) is 0 Å². The van der Waals surface area contributed by atoms with Gasteiger partial charge in [-0.15, -0.1) is 0 Å². The van der Waals surface area contributed by atoms with Crippen LogP contribution in [0.4, 0.5) is 0 Å². The molecule has 62 valence electrons. The van der Waals surface area contributed by atoms with Crippen LogP contribution in [0.1, 0.15) is 0 Å². The molecule has 2 N–H and O–H groups in total. The molecule has 2 bridgehead atoms. The molecule has 2 aliphatic rings. The molecule has 1 fully saturated rings. The Hall–Kier alpha value is -0.380. The summed E-state index contributed by atoms with van der Waals surface area (Å²) >= 11 is 0. The minimum absolute atomic E-state index is 0.0437. The van der Waals surface area contributed by atoms with E-state index in [9.17, 15) is 0 Å².